The maximum Gasteiger partial charge on any atom is 0.335 e. The number of rotatable bonds is 11. The van der Waals surface area contributed by atoms with Gasteiger partial charge in [-0.2, -0.15) is 0 Å². The fourth-order valence-electron chi connectivity index (χ4n) is 13.4. The van der Waals surface area contributed by atoms with Crippen LogP contribution in [0.4, 0.5) is 0 Å². The van der Waals surface area contributed by atoms with Crippen molar-refractivity contribution in [3.8, 4) is 0 Å². The first-order chi connectivity index (χ1) is 31.2. The number of carbonyl (C=O) groups excluding carboxylic acids is 1. The summed E-state index contributed by atoms with van der Waals surface area (Å²) < 4.78 is 52.7. The van der Waals surface area contributed by atoms with Crippen LogP contribution in [0.15, 0.2) is 27.6 Å². The molecule has 7 aliphatic rings. The summed E-state index contributed by atoms with van der Waals surface area (Å²) in [6, 6.07) is 3.09. The molecule has 21 heteroatoms. The average molecular weight is 945 g/mol. The molecule has 4 aliphatic carbocycles. The Morgan fingerprint density at radius 2 is 1.41 bits per heavy atom. The van der Waals surface area contributed by atoms with Crippen LogP contribution >= 0.6 is 0 Å². The van der Waals surface area contributed by atoms with Gasteiger partial charge in [-0.05, 0) is 80.8 Å². The topological polar surface area (TPSA) is 323 Å². The fraction of sp³-hybridized carbons (Fsp3) is 0.867. The summed E-state index contributed by atoms with van der Waals surface area (Å²) in [7, 11) is 1.33. The molecule has 0 amide bonds. The number of hydrogen-bond acceptors (Lipinski definition) is 21. The van der Waals surface area contributed by atoms with Crippen LogP contribution in [-0.4, -0.2) is 193 Å². The minimum atomic E-state index is -1.85. The van der Waals surface area contributed by atoms with Crippen LogP contribution < -0.4 is 5.63 Å². The molecule has 4 saturated carbocycles. The van der Waals surface area contributed by atoms with Crippen molar-refractivity contribution in [1.29, 1.82) is 0 Å². The van der Waals surface area contributed by atoms with E-state index in [1.165, 1.54) is 26.4 Å². The van der Waals surface area contributed by atoms with E-state index in [-0.39, 0.29) is 24.2 Å². The third kappa shape index (κ3) is 8.19. The van der Waals surface area contributed by atoms with Crippen LogP contribution in [0, 0.1) is 22.7 Å². The second-order valence-electron chi connectivity index (χ2n) is 20.3. The molecule has 66 heavy (non-hydrogen) atoms. The minimum absolute atomic E-state index is 0.00118. The SMILES string of the molecule is COC1C(O)C(OC2CCC3(C)C(C2)C(OC(C)=O)CC2(O)C3CCC3(C)C(c4ccc(=O)oc4)CCC32O)OC(C)C1OC1OC(CO)C(OC2OC(CO)C(O)C(O)C2O)C(O)C1O. The average Bonchev–Trinajstić information content (AvgIpc) is 3.56. The van der Waals surface area contributed by atoms with Crippen molar-refractivity contribution in [3.63, 3.8) is 0 Å². The molecule has 21 nitrogen and oxygen atoms in total. The monoisotopic (exact) mass is 944 g/mol. The van der Waals surface area contributed by atoms with E-state index in [4.69, 9.17) is 42.3 Å². The number of aliphatic hydroxyl groups is 10. The summed E-state index contributed by atoms with van der Waals surface area (Å²) in [5, 5.41) is 111. The fourth-order valence-corrected chi connectivity index (χ4v) is 13.4. The van der Waals surface area contributed by atoms with E-state index >= 15 is 0 Å². The summed E-state index contributed by atoms with van der Waals surface area (Å²) in [5.41, 5.74) is -4.24. The second-order valence-corrected chi connectivity index (χ2v) is 20.3. The molecule has 0 radical (unpaired) electrons. The minimum Gasteiger partial charge on any atom is -0.462 e. The van der Waals surface area contributed by atoms with E-state index in [0.29, 0.717) is 44.9 Å². The van der Waals surface area contributed by atoms with Crippen LogP contribution in [0.3, 0.4) is 0 Å². The van der Waals surface area contributed by atoms with Gasteiger partial charge in [-0.3, -0.25) is 4.79 Å². The molecule has 374 valence electrons. The molecule has 24 unspecified atom stereocenters. The molecule has 24 atom stereocenters. The second kappa shape index (κ2) is 18.8. The smallest absolute Gasteiger partial charge is 0.335 e. The molecule has 8 rings (SSSR count). The van der Waals surface area contributed by atoms with Gasteiger partial charge in [0.05, 0.1) is 37.3 Å². The van der Waals surface area contributed by atoms with Crippen LogP contribution in [0.5, 0.6) is 0 Å². The third-order valence-corrected chi connectivity index (χ3v) is 16.9. The van der Waals surface area contributed by atoms with E-state index in [1.807, 2.05) is 6.92 Å². The lowest BCUT2D eigenvalue weighted by Gasteiger charge is -2.68. The lowest BCUT2D eigenvalue weighted by molar-refractivity contribution is -0.380. The van der Waals surface area contributed by atoms with Crippen molar-refractivity contribution in [2.75, 3.05) is 20.3 Å². The summed E-state index contributed by atoms with van der Waals surface area (Å²) in [6.45, 7) is 5.49. The van der Waals surface area contributed by atoms with Crippen LogP contribution in [0.2, 0.25) is 0 Å². The predicted octanol–water partition coefficient (Wildman–Crippen LogP) is -1.95. The van der Waals surface area contributed by atoms with Gasteiger partial charge >= 0.3 is 11.6 Å². The highest BCUT2D eigenvalue weighted by Gasteiger charge is 2.76. The van der Waals surface area contributed by atoms with Crippen molar-refractivity contribution in [1.82, 2.24) is 0 Å². The van der Waals surface area contributed by atoms with E-state index < -0.39 is 151 Å². The molecule has 4 heterocycles. The Kier molecular flexibility index (Phi) is 14.3. The van der Waals surface area contributed by atoms with Crippen LogP contribution in [0.25, 0.3) is 0 Å². The zero-order valence-electron chi connectivity index (χ0n) is 37.8. The van der Waals surface area contributed by atoms with E-state index in [2.05, 4.69) is 6.92 Å². The van der Waals surface area contributed by atoms with Gasteiger partial charge in [0.15, 0.2) is 18.9 Å². The molecule has 0 bridgehead atoms. The lowest BCUT2D eigenvalue weighted by Crippen LogP contribution is -2.75. The molecule has 3 aliphatic heterocycles. The first kappa shape index (κ1) is 50.1. The highest BCUT2D eigenvalue weighted by atomic mass is 16.8. The highest BCUT2D eigenvalue weighted by molar-refractivity contribution is 5.66. The number of aliphatic hydroxyl groups excluding tert-OH is 8. The molecular weight excluding hydrogens is 876 g/mol. The van der Waals surface area contributed by atoms with Crippen molar-refractivity contribution in [3.05, 3.63) is 34.4 Å². The number of carbonyl (C=O) groups is 1. The molecular formula is C45H68O21. The van der Waals surface area contributed by atoms with E-state index in [9.17, 15) is 60.7 Å². The maximum atomic E-state index is 13.0. The maximum absolute atomic E-state index is 13.0. The van der Waals surface area contributed by atoms with Crippen molar-refractivity contribution in [2.24, 2.45) is 22.7 Å². The number of hydrogen-bond donors (Lipinski definition) is 10. The first-order valence-electron chi connectivity index (χ1n) is 23.1. The largest absolute Gasteiger partial charge is 0.462 e. The Labute approximate surface area is 381 Å². The van der Waals surface area contributed by atoms with Gasteiger partial charge in [0.1, 0.15) is 78.8 Å². The molecule has 10 N–H and O–H groups in total. The summed E-state index contributed by atoms with van der Waals surface area (Å²) in [6.07, 6.45) is -19.0. The van der Waals surface area contributed by atoms with Gasteiger partial charge in [0, 0.05) is 37.9 Å². The third-order valence-electron chi connectivity index (χ3n) is 16.9. The van der Waals surface area contributed by atoms with Gasteiger partial charge in [-0.15, -0.1) is 0 Å². The number of esters is 1. The van der Waals surface area contributed by atoms with Gasteiger partial charge in [0.2, 0.25) is 0 Å². The Balaban J connectivity index is 0.940. The van der Waals surface area contributed by atoms with Gasteiger partial charge < -0.3 is 93.4 Å². The lowest BCUT2D eigenvalue weighted by atomic mass is 9.40. The normalized spacial score (nSPS) is 51.6. The first-order valence-corrected chi connectivity index (χ1v) is 23.1. The van der Waals surface area contributed by atoms with Crippen molar-refractivity contribution >= 4 is 5.97 Å². The van der Waals surface area contributed by atoms with Gasteiger partial charge in [0.25, 0.3) is 0 Å². The Morgan fingerprint density at radius 3 is 2.05 bits per heavy atom. The predicted molar refractivity (Wildman–Crippen MR) is 221 cm³/mol. The Morgan fingerprint density at radius 1 is 0.758 bits per heavy atom. The number of fused-ring (bicyclic) bond motifs is 5. The molecule has 1 aromatic heterocycles. The van der Waals surface area contributed by atoms with Gasteiger partial charge in [-0.1, -0.05) is 13.8 Å². The molecule has 7 fully saturated rings. The zero-order chi connectivity index (χ0) is 47.8. The van der Waals surface area contributed by atoms with Crippen LogP contribution in [-0.2, 0) is 42.7 Å². The summed E-state index contributed by atoms with van der Waals surface area (Å²) in [5.74, 6) is -1.39. The quantitative estimate of drug-likeness (QED) is 0.0852. The van der Waals surface area contributed by atoms with Crippen LogP contribution in [0.1, 0.15) is 90.5 Å². The molecule has 0 spiro atoms. The summed E-state index contributed by atoms with van der Waals surface area (Å²) in [4.78, 5) is 24.5. The van der Waals surface area contributed by atoms with Crippen molar-refractivity contribution in [2.45, 2.75) is 201 Å². The molecule has 1 aromatic rings. The highest BCUT2D eigenvalue weighted by Crippen LogP contribution is 2.72. The van der Waals surface area contributed by atoms with Crippen molar-refractivity contribution < 1.29 is 98.2 Å². The zero-order valence-corrected chi connectivity index (χ0v) is 37.8. The van der Waals surface area contributed by atoms with E-state index in [0.717, 1.165) is 5.56 Å². The standard InChI is InChI=1S/C45H68O21/c1-19-36(65-40-34(54)32(52)37(27(17-47)64-40)66-39-33(53)31(51)30(50)26(16-46)63-39)38(58-5)35(55)41(60-19)62-22-8-11-42(3)24(14-22)25(61-20(2)48)15-44(56)28(42)10-12-43(4)23(9-13-45(43,44)57)21-6-7-29(49)59-18-21/h6-7,18-19,22-28,30-41,46-47,50-57H,8-17H2,1-5H3. The molecule has 3 saturated heterocycles. The number of ether oxygens (including phenoxy) is 8. The molecule has 0 aromatic carbocycles. The number of methoxy groups -OCH3 is 1. The Hall–Kier alpha value is -2.26. The van der Waals surface area contributed by atoms with Gasteiger partial charge in [-0.25, -0.2) is 4.79 Å². The summed E-state index contributed by atoms with van der Waals surface area (Å²) >= 11 is 0. The van der Waals surface area contributed by atoms with E-state index in [1.54, 1.807) is 13.0 Å². The Bertz CT molecular complexity index is 1900.